The van der Waals surface area contributed by atoms with Gasteiger partial charge in [0.25, 0.3) is 0 Å². The summed E-state index contributed by atoms with van der Waals surface area (Å²) in [4.78, 5) is 11.6. The summed E-state index contributed by atoms with van der Waals surface area (Å²) in [5, 5.41) is 2.79. The number of carbonyl (C=O) groups is 1. The lowest BCUT2D eigenvalue weighted by Gasteiger charge is -2.13. The van der Waals surface area contributed by atoms with Gasteiger partial charge in [-0.05, 0) is 17.0 Å². The minimum absolute atomic E-state index is 0.264. The summed E-state index contributed by atoms with van der Waals surface area (Å²) in [5.41, 5.74) is 2.19. The Kier molecular flexibility index (Phi) is 5.18. The van der Waals surface area contributed by atoms with E-state index in [0.29, 0.717) is 13.2 Å². The zero-order chi connectivity index (χ0) is 14.2. The molecule has 1 N–H and O–H groups in total. The highest BCUT2D eigenvalue weighted by Gasteiger charge is 2.08. The number of hydrogen-bond donors (Lipinski definition) is 1. The van der Waals surface area contributed by atoms with Crippen molar-refractivity contribution >= 4 is 6.09 Å². The molecule has 2 aromatic rings. The van der Waals surface area contributed by atoms with E-state index in [0.717, 1.165) is 5.56 Å². The highest BCUT2D eigenvalue weighted by Crippen LogP contribution is 2.13. The molecule has 0 aliphatic carbocycles. The first-order valence-corrected chi connectivity index (χ1v) is 6.75. The summed E-state index contributed by atoms with van der Waals surface area (Å²) >= 11 is 0. The van der Waals surface area contributed by atoms with Crippen molar-refractivity contribution in [3.05, 3.63) is 71.8 Å². The Labute approximate surface area is 119 Å². The molecule has 3 nitrogen and oxygen atoms in total. The fraction of sp³-hybridized carbons (Fsp3) is 0.235. The quantitative estimate of drug-likeness (QED) is 0.898. The summed E-state index contributed by atoms with van der Waals surface area (Å²) in [7, 11) is 0. The van der Waals surface area contributed by atoms with Gasteiger partial charge in [0.2, 0.25) is 0 Å². The molecule has 0 aliphatic rings. The number of alkyl carbamates (subject to hydrolysis) is 1. The minimum atomic E-state index is -0.378. The normalized spacial score (nSPS) is 11.7. The third kappa shape index (κ3) is 4.43. The van der Waals surface area contributed by atoms with Crippen LogP contribution in [-0.2, 0) is 11.3 Å². The molecule has 0 spiro atoms. The molecule has 0 radical (unpaired) electrons. The van der Waals surface area contributed by atoms with E-state index < -0.39 is 0 Å². The molecule has 0 heterocycles. The van der Waals surface area contributed by atoms with Crippen molar-refractivity contribution < 1.29 is 9.53 Å². The Balaban J connectivity index is 1.73. The van der Waals surface area contributed by atoms with Crippen molar-refractivity contribution in [2.45, 2.75) is 19.4 Å². The Morgan fingerprint density at radius 2 is 1.65 bits per heavy atom. The van der Waals surface area contributed by atoms with Gasteiger partial charge in [-0.1, -0.05) is 67.6 Å². The molecule has 0 aliphatic heterocycles. The first kappa shape index (κ1) is 14.1. The van der Waals surface area contributed by atoms with Gasteiger partial charge in [0.05, 0.1) is 0 Å². The maximum Gasteiger partial charge on any atom is 0.407 e. The number of rotatable bonds is 5. The Bertz CT molecular complexity index is 525. The Morgan fingerprint density at radius 1 is 1.05 bits per heavy atom. The van der Waals surface area contributed by atoms with Gasteiger partial charge in [0.15, 0.2) is 0 Å². The number of nitrogens with one attached hydrogen (secondary N) is 1. The monoisotopic (exact) mass is 269 g/mol. The van der Waals surface area contributed by atoms with Crippen molar-refractivity contribution in [3.8, 4) is 0 Å². The van der Waals surface area contributed by atoms with E-state index in [1.165, 1.54) is 5.56 Å². The van der Waals surface area contributed by atoms with Crippen LogP contribution >= 0.6 is 0 Å². The van der Waals surface area contributed by atoms with Crippen LogP contribution in [0.2, 0.25) is 0 Å². The molecule has 1 amide bonds. The summed E-state index contributed by atoms with van der Waals surface area (Å²) in [6, 6.07) is 19.7. The molecule has 2 rings (SSSR count). The molecule has 0 saturated carbocycles. The average molecular weight is 269 g/mol. The topological polar surface area (TPSA) is 38.3 Å². The van der Waals surface area contributed by atoms with Gasteiger partial charge in [0.1, 0.15) is 6.61 Å². The summed E-state index contributed by atoms with van der Waals surface area (Å²) in [6.45, 7) is 2.94. The van der Waals surface area contributed by atoms with E-state index in [1.54, 1.807) is 0 Å². The van der Waals surface area contributed by atoms with Gasteiger partial charge in [0, 0.05) is 6.54 Å². The second-order valence-electron chi connectivity index (χ2n) is 4.75. The van der Waals surface area contributed by atoms with Crippen molar-refractivity contribution in [2.24, 2.45) is 0 Å². The lowest BCUT2D eigenvalue weighted by molar-refractivity contribution is 0.139. The lowest BCUT2D eigenvalue weighted by atomic mass is 10.0. The lowest BCUT2D eigenvalue weighted by Crippen LogP contribution is -2.28. The first-order valence-electron chi connectivity index (χ1n) is 6.75. The average Bonchev–Trinajstić information content (AvgIpc) is 2.52. The van der Waals surface area contributed by atoms with Gasteiger partial charge < -0.3 is 10.1 Å². The molecule has 0 fully saturated rings. The summed E-state index contributed by atoms with van der Waals surface area (Å²) < 4.78 is 5.16. The molecule has 104 valence electrons. The predicted octanol–water partition coefficient (Wildman–Crippen LogP) is 3.72. The fourth-order valence-corrected chi connectivity index (χ4v) is 1.91. The molecule has 20 heavy (non-hydrogen) atoms. The molecule has 0 aromatic heterocycles. The molecule has 1 atom stereocenters. The molecule has 2 aromatic carbocycles. The van der Waals surface area contributed by atoms with Crippen LogP contribution in [0.4, 0.5) is 4.79 Å². The van der Waals surface area contributed by atoms with E-state index in [9.17, 15) is 4.79 Å². The van der Waals surface area contributed by atoms with E-state index in [2.05, 4.69) is 24.4 Å². The van der Waals surface area contributed by atoms with Crippen LogP contribution < -0.4 is 5.32 Å². The first-order chi connectivity index (χ1) is 9.75. The molecule has 1 unspecified atom stereocenters. The summed E-state index contributed by atoms with van der Waals surface area (Å²) in [5.74, 6) is 0.264. The van der Waals surface area contributed by atoms with E-state index >= 15 is 0 Å². The smallest absolute Gasteiger partial charge is 0.407 e. The largest absolute Gasteiger partial charge is 0.445 e. The SMILES string of the molecule is CC(CNC(=O)OCc1ccccc1)c1ccccc1. The van der Waals surface area contributed by atoms with Gasteiger partial charge in [-0.2, -0.15) is 0 Å². The Hall–Kier alpha value is -2.29. The van der Waals surface area contributed by atoms with Crippen molar-refractivity contribution in [2.75, 3.05) is 6.54 Å². The van der Waals surface area contributed by atoms with Crippen LogP contribution in [0.3, 0.4) is 0 Å². The van der Waals surface area contributed by atoms with Crippen molar-refractivity contribution in [1.82, 2.24) is 5.32 Å². The van der Waals surface area contributed by atoms with Gasteiger partial charge in [-0.3, -0.25) is 0 Å². The predicted molar refractivity (Wildman–Crippen MR) is 79.5 cm³/mol. The second-order valence-corrected chi connectivity index (χ2v) is 4.75. The van der Waals surface area contributed by atoms with E-state index in [1.807, 2.05) is 48.5 Å². The molecule has 0 bridgehead atoms. The minimum Gasteiger partial charge on any atom is -0.445 e. The number of benzene rings is 2. The third-order valence-electron chi connectivity index (χ3n) is 3.13. The molecular weight excluding hydrogens is 250 g/mol. The maximum atomic E-state index is 11.6. The van der Waals surface area contributed by atoms with Gasteiger partial charge >= 0.3 is 6.09 Å². The van der Waals surface area contributed by atoms with Crippen LogP contribution in [0.5, 0.6) is 0 Å². The Morgan fingerprint density at radius 3 is 2.30 bits per heavy atom. The summed E-state index contributed by atoms with van der Waals surface area (Å²) in [6.07, 6.45) is -0.378. The number of amides is 1. The van der Waals surface area contributed by atoms with Crippen molar-refractivity contribution in [3.63, 3.8) is 0 Å². The van der Waals surface area contributed by atoms with Crippen molar-refractivity contribution in [1.29, 1.82) is 0 Å². The molecular formula is C17H19NO2. The van der Waals surface area contributed by atoms with Crippen LogP contribution in [0.25, 0.3) is 0 Å². The third-order valence-corrected chi connectivity index (χ3v) is 3.13. The van der Waals surface area contributed by atoms with Gasteiger partial charge in [-0.15, -0.1) is 0 Å². The van der Waals surface area contributed by atoms with E-state index in [-0.39, 0.29) is 12.0 Å². The second kappa shape index (κ2) is 7.34. The highest BCUT2D eigenvalue weighted by atomic mass is 16.5. The molecule has 0 saturated heterocycles. The van der Waals surface area contributed by atoms with Crippen LogP contribution in [0.15, 0.2) is 60.7 Å². The van der Waals surface area contributed by atoms with Crippen LogP contribution in [0, 0.1) is 0 Å². The zero-order valence-corrected chi connectivity index (χ0v) is 11.6. The molecule has 3 heteroatoms. The van der Waals surface area contributed by atoms with E-state index in [4.69, 9.17) is 4.74 Å². The highest BCUT2D eigenvalue weighted by molar-refractivity contribution is 5.67. The zero-order valence-electron chi connectivity index (χ0n) is 11.6. The number of ether oxygens (including phenoxy) is 1. The number of carbonyl (C=O) groups excluding carboxylic acids is 1. The fourth-order valence-electron chi connectivity index (χ4n) is 1.91. The standard InChI is InChI=1S/C17H19NO2/c1-14(16-10-6-3-7-11-16)12-18-17(19)20-13-15-8-4-2-5-9-15/h2-11,14H,12-13H2,1H3,(H,18,19). The maximum absolute atomic E-state index is 11.6. The van der Waals surface area contributed by atoms with Crippen LogP contribution in [-0.4, -0.2) is 12.6 Å². The van der Waals surface area contributed by atoms with Crippen LogP contribution in [0.1, 0.15) is 24.0 Å². The van der Waals surface area contributed by atoms with Gasteiger partial charge in [-0.25, -0.2) is 4.79 Å². The number of hydrogen-bond acceptors (Lipinski definition) is 2.